The molecule has 1 spiro atoms. The summed E-state index contributed by atoms with van der Waals surface area (Å²) in [5.41, 5.74) is 12.8. The standard InChI is InChI=1S/C30H49N7O4/c1-5-6-12-22(26(38)24-17-30(37(24)29(41)33-4)13-14-34-25(32)18-30)35-28(40)23(15-19(2)3)36-27(39)21(31)16-20-10-8-7-9-11-20/h7-11,19,21-25,34H,5-6,12-18,31-32H2,1-4H3,(H,33,41)(H,35,40)(H,36,39)/t21-,22-,23-,24-,25?,30?/m1/s1. The molecule has 2 heterocycles. The van der Waals surface area contributed by atoms with Gasteiger partial charge in [0, 0.05) is 7.05 Å². The molecule has 6 atom stereocenters. The number of unbranched alkanes of at least 4 members (excludes halogenated alkanes) is 1. The predicted molar refractivity (Wildman–Crippen MR) is 159 cm³/mol. The van der Waals surface area contributed by atoms with Crippen molar-refractivity contribution in [3.63, 3.8) is 0 Å². The maximum Gasteiger partial charge on any atom is 0.318 e. The summed E-state index contributed by atoms with van der Waals surface area (Å²) >= 11 is 0. The smallest absolute Gasteiger partial charge is 0.318 e. The number of piperidine rings is 1. The molecule has 228 valence electrons. The van der Waals surface area contributed by atoms with Gasteiger partial charge in [0.15, 0.2) is 5.78 Å². The quantitative estimate of drug-likeness (QED) is 0.206. The normalized spacial score (nSPS) is 24.2. The van der Waals surface area contributed by atoms with Crippen LogP contribution in [0.3, 0.4) is 0 Å². The van der Waals surface area contributed by atoms with Crippen LogP contribution >= 0.6 is 0 Å². The van der Waals surface area contributed by atoms with Crippen LogP contribution in [0.25, 0.3) is 0 Å². The van der Waals surface area contributed by atoms with E-state index < -0.39 is 41.5 Å². The van der Waals surface area contributed by atoms with E-state index in [-0.39, 0.29) is 23.9 Å². The summed E-state index contributed by atoms with van der Waals surface area (Å²) in [7, 11) is 1.55. The first-order valence-electron chi connectivity index (χ1n) is 14.9. The number of nitrogens with one attached hydrogen (secondary N) is 4. The van der Waals surface area contributed by atoms with Gasteiger partial charge in [-0.3, -0.25) is 14.4 Å². The summed E-state index contributed by atoms with van der Waals surface area (Å²) in [5, 5.41) is 11.6. The molecule has 1 aromatic rings. The molecule has 0 radical (unpaired) electrons. The summed E-state index contributed by atoms with van der Waals surface area (Å²) in [4.78, 5) is 55.1. The Morgan fingerprint density at radius 2 is 1.76 bits per heavy atom. The first-order chi connectivity index (χ1) is 19.5. The van der Waals surface area contributed by atoms with Crippen LogP contribution in [0.1, 0.15) is 71.3 Å². The molecular formula is C30H49N7O4. The molecule has 3 rings (SSSR count). The summed E-state index contributed by atoms with van der Waals surface area (Å²) in [6, 6.07) is 6.06. The maximum atomic E-state index is 13.9. The fraction of sp³-hybridized carbons (Fsp3) is 0.667. The molecule has 2 unspecified atom stereocenters. The Labute approximate surface area is 243 Å². The fourth-order valence-electron chi connectivity index (χ4n) is 6.09. The highest BCUT2D eigenvalue weighted by Crippen LogP contribution is 2.44. The van der Waals surface area contributed by atoms with Crippen molar-refractivity contribution in [3.05, 3.63) is 35.9 Å². The largest absolute Gasteiger partial charge is 0.344 e. The Morgan fingerprint density at radius 1 is 1.07 bits per heavy atom. The van der Waals surface area contributed by atoms with Gasteiger partial charge in [0.1, 0.15) is 6.04 Å². The van der Waals surface area contributed by atoms with Crippen LogP contribution in [-0.2, 0) is 20.8 Å². The van der Waals surface area contributed by atoms with Crippen LogP contribution in [-0.4, -0.2) is 78.0 Å². The number of nitrogens with two attached hydrogens (primary N) is 2. The third-order valence-corrected chi connectivity index (χ3v) is 8.24. The Hall–Kier alpha value is -3.02. The molecule has 0 aromatic heterocycles. The van der Waals surface area contributed by atoms with E-state index in [9.17, 15) is 19.2 Å². The van der Waals surface area contributed by atoms with Crippen LogP contribution < -0.4 is 32.7 Å². The van der Waals surface area contributed by atoms with Crippen molar-refractivity contribution in [2.24, 2.45) is 17.4 Å². The van der Waals surface area contributed by atoms with E-state index in [4.69, 9.17) is 11.5 Å². The van der Waals surface area contributed by atoms with Gasteiger partial charge in [-0.15, -0.1) is 0 Å². The van der Waals surface area contributed by atoms with Gasteiger partial charge in [-0.05, 0) is 56.6 Å². The van der Waals surface area contributed by atoms with E-state index in [0.717, 1.165) is 18.4 Å². The Bertz CT molecular complexity index is 1050. The van der Waals surface area contributed by atoms with E-state index >= 15 is 0 Å². The lowest BCUT2D eigenvalue weighted by Crippen LogP contribution is -2.76. The molecule has 2 aliphatic heterocycles. The third-order valence-electron chi connectivity index (χ3n) is 8.24. The van der Waals surface area contributed by atoms with Crippen molar-refractivity contribution in [2.75, 3.05) is 13.6 Å². The predicted octanol–water partition coefficient (Wildman–Crippen LogP) is 1.15. The molecule has 11 nitrogen and oxygen atoms in total. The van der Waals surface area contributed by atoms with Crippen molar-refractivity contribution in [1.29, 1.82) is 0 Å². The van der Waals surface area contributed by atoms with Gasteiger partial charge in [-0.2, -0.15) is 0 Å². The van der Waals surface area contributed by atoms with Crippen LogP contribution in [0, 0.1) is 5.92 Å². The van der Waals surface area contributed by atoms with Crippen LogP contribution in [0.15, 0.2) is 30.3 Å². The number of rotatable bonds is 13. The lowest BCUT2D eigenvalue weighted by atomic mass is 9.69. The highest BCUT2D eigenvalue weighted by Gasteiger charge is 2.58. The number of amides is 4. The average Bonchev–Trinajstić information content (AvgIpc) is 2.93. The van der Waals surface area contributed by atoms with Gasteiger partial charge >= 0.3 is 6.03 Å². The highest BCUT2D eigenvalue weighted by molar-refractivity contribution is 5.98. The molecule has 8 N–H and O–H groups in total. The number of carbonyl (C=O) groups excluding carboxylic acids is 4. The zero-order chi connectivity index (χ0) is 30.2. The molecule has 4 amide bonds. The fourth-order valence-corrected chi connectivity index (χ4v) is 6.09. The molecule has 2 fully saturated rings. The molecule has 0 saturated carbocycles. The SMILES string of the molecule is CCCC[C@@H](NC(=O)[C@@H](CC(C)C)NC(=O)[C@H](N)Cc1ccccc1)C(=O)[C@H]1CC2(CCNC(N)C2)N1C(=O)NC. The zero-order valence-corrected chi connectivity index (χ0v) is 24.9. The van der Waals surface area contributed by atoms with E-state index in [0.29, 0.717) is 45.1 Å². The number of carbonyl (C=O) groups is 4. The minimum absolute atomic E-state index is 0.112. The number of hydrogen-bond donors (Lipinski definition) is 6. The third kappa shape index (κ3) is 8.27. The number of ketones is 1. The molecule has 1 aromatic carbocycles. The number of benzene rings is 1. The van der Waals surface area contributed by atoms with E-state index in [1.807, 2.05) is 51.1 Å². The van der Waals surface area contributed by atoms with Gasteiger partial charge in [0.2, 0.25) is 11.8 Å². The minimum atomic E-state index is -0.841. The average molecular weight is 572 g/mol. The minimum Gasteiger partial charge on any atom is -0.344 e. The maximum absolute atomic E-state index is 13.9. The van der Waals surface area contributed by atoms with Crippen molar-refractivity contribution < 1.29 is 19.2 Å². The van der Waals surface area contributed by atoms with Gasteiger partial charge in [-0.25, -0.2) is 4.79 Å². The molecule has 0 bridgehead atoms. The Balaban J connectivity index is 1.73. The molecule has 11 heteroatoms. The lowest BCUT2D eigenvalue weighted by Gasteiger charge is -2.60. The monoisotopic (exact) mass is 571 g/mol. The van der Waals surface area contributed by atoms with Gasteiger partial charge in [0.05, 0.1) is 29.8 Å². The molecule has 2 saturated heterocycles. The summed E-state index contributed by atoms with van der Waals surface area (Å²) in [6.07, 6.45) is 4.27. The Morgan fingerprint density at radius 3 is 2.37 bits per heavy atom. The number of urea groups is 1. The van der Waals surface area contributed by atoms with Crippen LogP contribution in [0.2, 0.25) is 0 Å². The first kappa shape index (κ1) is 32.5. The molecular weight excluding hydrogens is 522 g/mol. The second-order valence-electron chi connectivity index (χ2n) is 12.0. The summed E-state index contributed by atoms with van der Waals surface area (Å²) < 4.78 is 0. The van der Waals surface area contributed by atoms with Gasteiger partial charge in [0.25, 0.3) is 0 Å². The van der Waals surface area contributed by atoms with Gasteiger partial charge < -0.3 is 37.6 Å². The summed E-state index contributed by atoms with van der Waals surface area (Å²) in [6.45, 7) is 6.61. The second kappa shape index (κ2) is 14.7. The van der Waals surface area contributed by atoms with Crippen molar-refractivity contribution in [2.45, 2.75) is 108 Å². The van der Waals surface area contributed by atoms with Crippen molar-refractivity contribution in [3.8, 4) is 0 Å². The Kier molecular flexibility index (Phi) is 11.7. The van der Waals surface area contributed by atoms with E-state index in [1.165, 1.54) is 0 Å². The highest BCUT2D eigenvalue weighted by atomic mass is 16.2. The van der Waals surface area contributed by atoms with E-state index in [2.05, 4.69) is 21.3 Å². The van der Waals surface area contributed by atoms with Crippen molar-refractivity contribution >= 4 is 23.6 Å². The van der Waals surface area contributed by atoms with Crippen LogP contribution in [0.4, 0.5) is 4.79 Å². The molecule has 2 aliphatic rings. The second-order valence-corrected chi connectivity index (χ2v) is 12.0. The molecule has 0 aliphatic carbocycles. The number of likely N-dealkylation sites (tertiary alicyclic amines) is 1. The zero-order valence-electron chi connectivity index (χ0n) is 24.9. The number of hydrogen-bond acceptors (Lipinski definition) is 7. The van der Waals surface area contributed by atoms with Crippen LogP contribution in [0.5, 0.6) is 0 Å². The number of Topliss-reactive ketones (excluding diaryl/α,β-unsaturated/α-hetero) is 1. The van der Waals surface area contributed by atoms with E-state index in [1.54, 1.807) is 11.9 Å². The number of nitrogens with zero attached hydrogens (tertiary/aromatic N) is 1. The summed E-state index contributed by atoms with van der Waals surface area (Å²) in [5.74, 6) is -0.915. The van der Waals surface area contributed by atoms with Crippen molar-refractivity contribution in [1.82, 2.24) is 26.2 Å². The molecule has 41 heavy (non-hydrogen) atoms. The lowest BCUT2D eigenvalue weighted by molar-refractivity contribution is -0.143. The van der Waals surface area contributed by atoms with Gasteiger partial charge in [-0.1, -0.05) is 63.9 Å². The first-order valence-corrected chi connectivity index (χ1v) is 14.9. The topological polar surface area (TPSA) is 172 Å².